The molecule has 0 fully saturated rings. The SMILES string of the molecule is CNC(=O)c1cc(Oc2ccc(NC(=O)/C=C/c3cc4ccccc4s3)cc2)ccn1. The third kappa shape index (κ3) is 5.15. The van der Waals surface area contributed by atoms with E-state index in [4.69, 9.17) is 4.74 Å². The highest BCUT2D eigenvalue weighted by Gasteiger charge is 2.07. The number of ether oxygens (including phenoxy) is 1. The van der Waals surface area contributed by atoms with E-state index >= 15 is 0 Å². The van der Waals surface area contributed by atoms with Crippen LogP contribution in [0.2, 0.25) is 0 Å². The van der Waals surface area contributed by atoms with Gasteiger partial charge < -0.3 is 15.4 Å². The molecule has 0 saturated carbocycles. The highest BCUT2D eigenvalue weighted by atomic mass is 32.1. The van der Waals surface area contributed by atoms with E-state index in [1.165, 1.54) is 22.4 Å². The molecule has 2 aromatic heterocycles. The summed E-state index contributed by atoms with van der Waals surface area (Å²) < 4.78 is 6.95. The Balaban J connectivity index is 1.37. The molecule has 0 atom stereocenters. The number of carbonyl (C=O) groups is 2. The fourth-order valence-electron chi connectivity index (χ4n) is 2.90. The number of carbonyl (C=O) groups excluding carboxylic acids is 2. The molecule has 4 aromatic rings. The van der Waals surface area contributed by atoms with Gasteiger partial charge in [0.2, 0.25) is 5.91 Å². The van der Waals surface area contributed by atoms with Crippen molar-refractivity contribution in [3.63, 3.8) is 0 Å². The summed E-state index contributed by atoms with van der Waals surface area (Å²) in [7, 11) is 1.54. The predicted molar refractivity (Wildman–Crippen MR) is 124 cm³/mol. The zero-order valence-corrected chi connectivity index (χ0v) is 17.5. The lowest BCUT2D eigenvalue weighted by Gasteiger charge is -2.08. The van der Waals surface area contributed by atoms with Gasteiger partial charge in [0.25, 0.3) is 5.91 Å². The van der Waals surface area contributed by atoms with Crippen molar-refractivity contribution in [3.8, 4) is 11.5 Å². The van der Waals surface area contributed by atoms with Gasteiger partial charge in [0.1, 0.15) is 17.2 Å². The molecule has 6 nitrogen and oxygen atoms in total. The number of anilines is 1. The summed E-state index contributed by atoms with van der Waals surface area (Å²) in [5.74, 6) is 0.576. The zero-order chi connectivity index (χ0) is 21.6. The van der Waals surface area contributed by atoms with Crippen molar-refractivity contribution in [1.82, 2.24) is 10.3 Å². The van der Waals surface area contributed by atoms with Crippen LogP contribution in [0.5, 0.6) is 11.5 Å². The number of hydrogen-bond acceptors (Lipinski definition) is 5. The van der Waals surface area contributed by atoms with Crippen LogP contribution in [0.3, 0.4) is 0 Å². The molecule has 2 N–H and O–H groups in total. The number of fused-ring (bicyclic) bond motifs is 1. The Morgan fingerprint density at radius 2 is 1.81 bits per heavy atom. The van der Waals surface area contributed by atoms with Crippen LogP contribution >= 0.6 is 11.3 Å². The maximum Gasteiger partial charge on any atom is 0.269 e. The minimum absolute atomic E-state index is 0.213. The molecule has 0 radical (unpaired) electrons. The summed E-state index contributed by atoms with van der Waals surface area (Å²) in [5.41, 5.74) is 0.924. The van der Waals surface area contributed by atoms with Crippen molar-refractivity contribution in [2.75, 3.05) is 12.4 Å². The molecule has 0 spiro atoms. The lowest BCUT2D eigenvalue weighted by atomic mass is 10.2. The first-order valence-corrected chi connectivity index (χ1v) is 10.4. The van der Waals surface area contributed by atoms with Crippen molar-refractivity contribution in [2.45, 2.75) is 0 Å². The number of aromatic nitrogens is 1. The number of benzene rings is 2. The van der Waals surface area contributed by atoms with Gasteiger partial charge in [-0.1, -0.05) is 18.2 Å². The minimum atomic E-state index is -0.285. The third-order valence-corrected chi connectivity index (χ3v) is 5.47. The quantitative estimate of drug-likeness (QED) is 0.418. The Morgan fingerprint density at radius 1 is 1.00 bits per heavy atom. The van der Waals surface area contributed by atoms with E-state index in [9.17, 15) is 9.59 Å². The number of amides is 2. The lowest BCUT2D eigenvalue weighted by molar-refractivity contribution is -0.111. The summed E-state index contributed by atoms with van der Waals surface area (Å²) in [4.78, 5) is 28.9. The van der Waals surface area contributed by atoms with Crippen LogP contribution in [-0.4, -0.2) is 23.8 Å². The molecule has 0 unspecified atom stereocenters. The van der Waals surface area contributed by atoms with Crippen LogP contribution < -0.4 is 15.4 Å². The standard InChI is InChI=1S/C24H19N3O3S/c1-25-24(29)21-15-19(12-13-26-21)30-18-8-6-17(7-9-18)27-23(28)11-10-20-14-16-4-2-3-5-22(16)31-20/h2-15H,1H3,(H,25,29)(H,27,28)/b11-10+. The average Bonchev–Trinajstić information content (AvgIpc) is 3.22. The van der Waals surface area contributed by atoms with E-state index in [0.717, 1.165) is 4.88 Å². The van der Waals surface area contributed by atoms with E-state index in [1.807, 2.05) is 18.2 Å². The molecule has 0 saturated heterocycles. The predicted octanol–water partition coefficient (Wildman–Crippen LogP) is 5.10. The van der Waals surface area contributed by atoms with Crippen molar-refractivity contribution in [3.05, 3.63) is 89.6 Å². The van der Waals surface area contributed by atoms with Crippen molar-refractivity contribution >= 4 is 45.0 Å². The largest absolute Gasteiger partial charge is 0.457 e. The Bertz CT molecular complexity index is 1230. The van der Waals surface area contributed by atoms with Gasteiger partial charge in [0.05, 0.1) is 0 Å². The van der Waals surface area contributed by atoms with E-state index in [-0.39, 0.29) is 17.5 Å². The molecule has 0 aliphatic carbocycles. The van der Waals surface area contributed by atoms with Crippen molar-refractivity contribution < 1.29 is 14.3 Å². The first kappa shape index (κ1) is 20.3. The fraction of sp³-hybridized carbons (Fsp3) is 0.0417. The van der Waals surface area contributed by atoms with E-state index < -0.39 is 0 Å². The monoisotopic (exact) mass is 429 g/mol. The summed E-state index contributed by atoms with van der Waals surface area (Å²) in [6.07, 6.45) is 4.84. The molecule has 0 aliphatic rings. The molecular formula is C24H19N3O3S. The molecule has 7 heteroatoms. The van der Waals surface area contributed by atoms with Crippen LogP contribution in [0.4, 0.5) is 5.69 Å². The molecule has 0 bridgehead atoms. The van der Waals surface area contributed by atoms with Crippen LogP contribution in [-0.2, 0) is 4.79 Å². The first-order valence-electron chi connectivity index (χ1n) is 9.54. The van der Waals surface area contributed by atoms with Gasteiger partial charge in [-0.15, -0.1) is 11.3 Å². The van der Waals surface area contributed by atoms with Crippen molar-refractivity contribution in [2.24, 2.45) is 0 Å². The Morgan fingerprint density at radius 3 is 2.58 bits per heavy atom. The number of thiophene rings is 1. The Hall–Kier alpha value is -3.97. The highest BCUT2D eigenvalue weighted by molar-refractivity contribution is 7.19. The average molecular weight is 430 g/mol. The van der Waals surface area contributed by atoms with E-state index in [2.05, 4.69) is 33.8 Å². The van der Waals surface area contributed by atoms with Gasteiger partial charge in [0.15, 0.2) is 0 Å². The van der Waals surface area contributed by atoms with Crippen LogP contribution in [0.15, 0.2) is 79.0 Å². The normalized spacial score (nSPS) is 10.9. The summed E-state index contributed by atoms with van der Waals surface area (Å²) in [5, 5.41) is 6.52. The van der Waals surface area contributed by atoms with Gasteiger partial charge in [-0.3, -0.25) is 14.6 Å². The molecule has 2 heterocycles. The fourth-order valence-corrected chi connectivity index (χ4v) is 3.86. The highest BCUT2D eigenvalue weighted by Crippen LogP contribution is 2.26. The van der Waals surface area contributed by atoms with Gasteiger partial charge in [-0.05, 0) is 53.9 Å². The van der Waals surface area contributed by atoms with Crippen LogP contribution in [0.1, 0.15) is 15.4 Å². The Kier molecular flexibility index (Phi) is 6.05. The topological polar surface area (TPSA) is 80.3 Å². The molecule has 0 aliphatic heterocycles. The maximum absolute atomic E-state index is 12.2. The summed E-state index contributed by atoms with van der Waals surface area (Å²) in [6, 6.07) is 20.4. The molecule has 4 rings (SSSR count). The summed E-state index contributed by atoms with van der Waals surface area (Å²) >= 11 is 1.64. The van der Waals surface area contributed by atoms with Crippen LogP contribution in [0.25, 0.3) is 16.2 Å². The summed E-state index contributed by atoms with van der Waals surface area (Å²) in [6.45, 7) is 0. The second kappa shape index (κ2) is 9.23. The number of nitrogens with zero attached hydrogens (tertiary/aromatic N) is 1. The smallest absolute Gasteiger partial charge is 0.269 e. The van der Waals surface area contributed by atoms with Gasteiger partial charge >= 0.3 is 0 Å². The van der Waals surface area contributed by atoms with Crippen LogP contribution in [0, 0.1) is 0 Å². The maximum atomic E-state index is 12.2. The minimum Gasteiger partial charge on any atom is -0.457 e. The second-order valence-electron chi connectivity index (χ2n) is 6.59. The van der Waals surface area contributed by atoms with Gasteiger partial charge in [-0.25, -0.2) is 0 Å². The second-order valence-corrected chi connectivity index (χ2v) is 7.71. The van der Waals surface area contributed by atoms with E-state index in [0.29, 0.717) is 17.2 Å². The van der Waals surface area contributed by atoms with Gasteiger partial charge in [-0.2, -0.15) is 0 Å². The molecule has 154 valence electrons. The van der Waals surface area contributed by atoms with Crippen molar-refractivity contribution in [1.29, 1.82) is 0 Å². The number of rotatable bonds is 6. The lowest BCUT2D eigenvalue weighted by Crippen LogP contribution is -2.18. The zero-order valence-electron chi connectivity index (χ0n) is 16.7. The number of pyridine rings is 1. The van der Waals surface area contributed by atoms with E-state index in [1.54, 1.807) is 54.8 Å². The Labute approximate surface area is 183 Å². The first-order chi connectivity index (χ1) is 15.1. The number of hydrogen-bond donors (Lipinski definition) is 2. The van der Waals surface area contributed by atoms with Gasteiger partial charge in [0, 0.05) is 40.7 Å². The molecule has 2 aromatic carbocycles. The number of nitrogens with one attached hydrogen (secondary N) is 2. The molecule has 31 heavy (non-hydrogen) atoms. The molecular weight excluding hydrogens is 410 g/mol. The third-order valence-electron chi connectivity index (χ3n) is 4.39. The molecule has 2 amide bonds.